The van der Waals surface area contributed by atoms with Gasteiger partial charge in [0.05, 0.1) is 11.7 Å². The van der Waals surface area contributed by atoms with Crippen molar-refractivity contribution >= 4 is 0 Å². The van der Waals surface area contributed by atoms with Crippen LogP contribution in [0.1, 0.15) is 66.2 Å². The first-order valence-corrected chi connectivity index (χ1v) is 6.94. The second kappa shape index (κ2) is 6.61. The quantitative estimate of drug-likeness (QED) is 0.742. The predicted octanol–water partition coefficient (Wildman–Crippen LogP) is 3.50. The second-order valence-electron chi connectivity index (χ2n) is 5.97. The molecule has 0 aliphatic heterocycles. The Morgan fingerprint density at radius 2 is 1.81 bits per heavy atom. The number of ether oxygens (including phenoxy) is 1. The zero-order chi connectivity index (χ0) is 12.0. The molecule has 1 saturated carbocycles. The highest BCUT2D eigenvalue weighted by Gasteiger charge is 2.27. The smallest absolute Gasteiger partial charge is 0.0735 e. The lowest BCUT2D eigenvalue weighted by Gasteiger charge is -2.32. The molecule has 2 atom stereocenters. The third kappa shape index (κ3) is 5.31. The average molecular weight is 227 g/mol. The first-order chi connectivity index (χ1) is 7.53. The third-order valence-corrected chi connectivity index (χ3v) is 3.11. The number of rotatable bonds is 4. The van der Waals surface area contributed by atoms with E-state index in [1.54, 1.807) is 0 Å². The molecule has 0 aromatic carbocycles. The molecule has 1 fully saturated rings. The van der Waals surface area contributed by atoms with E-state index in [2.05, 4.69) is 33.0 Å². The Morgan fingerprint density at radius 1 is 1.12 bits per heavy atom. The molecular formula is C14H29NO. The van der Waals surface area contributed by atoms with Gasteiger partial charge in [0.1, 0.15) is 0 Å². The maximum atomic E-state index is 6.21. The molecule has 1 aliphatic carbocycles. The summed E-state index contributed by atoms with van der Waals surface area (Å²) < 4.78 is 6.21. The Hall–Kier alpha value is -0.0800. The van der Waals surface area contributed by atoms with Gasteiger partial charge in [0.15, 0.2) is 0 Å². The molecule has 2 unspecified atom stereocenters. The standard InChI is InChI=1S/C14H29NO/c1-5-11-15-12-9-7-6-8-10-13(12)16-14(2,3)4/h12-13,15H,5-11H2,1-4H3. The van der Waals surface area contributed by atoms with E-state index >= 15 is 0 Å². The van der Waals surface area contributed by atoms with Gasteiger partial charge in [-0.15, -0.1) is 0 Å². The first kappa shape index (κ1) is 14.0. The molecular weight excluding hydrogens is 198 g/mol. The van der Waals surface area contributed by atoms with Crippen molar-refractivity contribution in [3.05, 3.63) is 0 Å². The lowest BCUT2D eigenvalue weighted by molar-refractivity contribution is -0.0773. The number of hydrogen-bond donors (Lipinski definition) is 1. The van der Waals surface area contributed by atoms with Crippen molar-refractivity contribution in [3.63, 3.8) is 0 Å². The van der Waals surface area contributed by atoms with Crippen LogP contribution in [0, 0.1) is 0 Å². The fourth-order valence-corrected chi connectivity index (χ4v) is 2.43. The Labute approximate surface area is 101 Å². The Morgan fingerprint density at radius 3 is 2.44 bits per heavy atom. The second-order valence-corrected chi connectivity index (χ2v) is 5.97. The van der Waals surface area contributed by atoms with Gasteiger partial charge in [0, 0.05) is 6.04 Å². The molecule has 96 valence electrons. The fourth-order valence-electron chi connectivity index (χ4n) is 2.43. The van der Waals surface area contributed by atoms with Crippen molar-refractivity contribution < 1.29 is 4.74 Å². The molecule has 1 rings (SSSR count). The minimum atomic E-state index is -0.0127. The van der Waals surface area contributed by atoms with Crippen molar-refractivity contribution in [2.75, 3.05) is 6.54 Å². The summed E-state index contributed by atoms with van der Waals surface area (Å²) in [6.07, 6.45) is 8.16. The molecule has 1 N–H and O–H groups in total. The van der Waals surface area contributed by atoms with Crippen LogP contribution < -0.4 is 5.32 Å². The van der Waals surface area contributed by atoms with E-state index < -0.39 is 0 Å². The van der Waals surface area contributed by atoms with Crippen LogP contribution in [0.15, 0.2) is 0 Å². The van der Waals surface area contributed by atoms with Gasteiger partial charge in [-0.3, -0.25) is 0 Å². The van der Waals surface area contributed by atoms with Gasteiger partial charge in [-0.05, 0) is 46.6 Å². The van der Waals surface area contributed by atoms with Gasteiger partial charge in [-0.25, -0.2) is 0 Å². The van der Waals surface area contributed by atoms with Crippen LogP contribution in [-0.4, -0.2) is 24.3 Å². The van der Waals surface area contributed by atoms with Gasteiger partial charge in [-0.2, -0.15) is 0 Å². The Balaban J connectivity index is 2.51. The summed E-state index contributed by atoms with van der Waals surface area (Å²) in [6, 6.07) is 0.571. The largest absolute Gasteiger partial charge is 0.371 e. The van der Waals surface area contributed by atoms with Crippen LogP contribution in [0.3, 0.4) is 0 Å². The highest BCUT2D eigenvalue weighted by Crippen LogP contribution is 2.24. The molecule has 16 heavy (non-hydrogen) atoms. The highest BCUT2D eigenvalue weighted by atomic mass is 16.5. The molecule has 0 heterocycles. The van der Waals surface area contributed by atoms with Crippen LogP contribution in [-0.2, 0) is 4.74 Å². The molecule has 0 aromatic rings. The van der Waals surface area contributed by atoms with Gasteiger partial charge < -0.3 is 10.1 Å². The average Bonchev–Trinajstić information content (AvgIpc) is 2.38. The molecule has 0 amide bonds. The van der Waals surface area contributed by atoms with Crippen LogP contribution >= 0.6 is 0 Å². The number of hydrogen-bond acceptors (Lipinski definition) is 2. The summed E-state index contributed by atoms with van der Waals surface area (Å²) in [5.74, 6) is 0. The van der Waals surface area contributed by atoms with Crippen LogP contribution in [0.2, 0.25) is 0 Å². The maximum absolute atomic E-state index is 6.21. The fraction of sp³-hybridized carbons (Fsp3) is 1.00. The van der Waals surface area contributed by atoms with Crippen molar-refractivity contribution in [1.29, 1.82) is 0 Å². The summed E-state index contributed by atoms with van der Waals surface area (Å²) in [5.41, 5.74) is -0.0127. The Kier molecular flexibility index (Phi) is 5.77. The lowest BCUT2D eigenvalue weighted by Crippen LogP contribution is -2.44. The van der Waals surface area contributed by atoms with E-state index in [0.29, 0.717) is 12.1 Å². The minimum Gasteiger partial charge on any atom is -0.371 e. The van der Waals surface area contributed by atoms with Crippen LogP contribution in [0.4, 0.5) is 0 Å². The predicted molar refractivity (Wildman–Crippen MR) is 69.8 cm³/mol. The summed E-state index contributed by atoms with van der Waals surface area (Å²) in [6.45, 7) is 9.83. The van der Waals surface area contributed by atoms with E-state index in [9.17, 15) is 0 Å². The Bertz CT molecular complexity index is 186. The number of nitrogens with one attached hydrogen (secondary N) is 1. The zero-order valence-electron chi connectivity index (χ0n) is 11.5. The van der Waals surface area contributed by atoms with Gasteiger partial charge in [-0.1, -0.05) is 26.2 Å². The van der Waals surface area contributed by atoms with E-state index in [0.717, 1.165) is 6.54 Å². The molecule has 0 radical (unpaired) electrons. The zero-order valence-corrected chi connectivity index (χ0v) is 11.5. The van der Waals surface area contributed by atoms with Crippen LogP contribution in [0.5, 0.6) is 0 Å². The molecule has 0 spiro atoms. The normalized spacial score (nSPS) is 27.8. The molecule has 1 aliphatic rings. The summed E-state index contributed by atoms with van der Waals surface area (Å²) in [5, 5.41) is 3.66. The maximum Gasteiger partial charge on any atom is 0.0735 e. The van der Waals surface area contributed by atoms with Gasteiger partial charge in [0.25, 0.3) is 0 Å². The van der Waals surface area contributed by atoms with Gasteiger partial charge >= 0.3 is 0 Å². The van der Waals surface area contributed by atoms with Crippen molar-refractivity contribution in [2.45, 2.75) is 84.0 Å². The highest BCUT2D eigenvalue weighted by molar-refractivity contribution is 4.82. The van der Waals surface area contributed by atoms with Crippen molar-refractivity contribution in [3.8, 4) is 0 Å². The summed E-state index contributed by atoms with van der Waals surface area (Å²) in [4.78, 5) is 0. The SMILES string of the molecule is CCCNC1CCCCCC1OC(C)(C)C. The monoisotopic (exact) mass is 227 g/mol. The van der Waals surface area contributed by atoms with Gasteiger partial charge in [0.2, 0.25) is 0 Å². The molecule has 0 aromatic heterocycles. The lowest BCUT2D eigenvalue weighted by atomic mass is 10.0. The van der Waals surface area contributed by atoms with Crippen molar-refractivity contribution in [1.82, 2.24) is 5.32 Å². The molecule has 2 nitrogen and oxygen atoms in total. The van der Waals surface area contributed by atoms with E-state index in [4.69, 9.17) is 4.74 Å². The third-order valence-electron chi connectivity index (χ3n) is 3.11. The van der Waals surface area contributed by atoms with Crippen molar-refractivity contribution in [2.24, 2.45) is 0 Å². The summed E-state index contributed by atoms with van der Waals surface area (Å²) in [7, 11) is 0. The van der Waals surface area contributed by atoms with E-state index in [1.807, 2.05) is 0 Å². The summed E-state index contributed by atoms with van der Waals surface area (Å²) >= 11 is 0. The molecule has 2 heteroatoms. The molecule has 0 bridgehead atoms. The first-order valence-electron chi connectivity index (χ1n) is 6.94. The topological polar surface area (TPSA) is 21.3 Å². The van der Waals surface area contributed by atoms with E-state index in [1.165, 1.54) is 38.5 Å². The minimum absolute atomic E-state index is 0.0127. The molecule has 0 saturated heterocycles. The van der Waals surface area contributed by atoms with E-state index in [-0.39, 0.29) is 5.60 Å². The van der Waals surface area contributed by atoms with Crippen LogP contribution in [0.25, 0.3) is 0 Å².